The number of pyridine rings is 2. The largest absolute Gasteiger partial charge is 0.363 e. The molecular formula is C43H38IrN4-2. The van der Waals surface area contributed by atoms with Crippen LogP contribution in [0.5, 0.6) is 0 Å². The van der Waals surface area contributed by atoms with E-state index in [1.165, 1.54) is 10.8 Å². The van der Waals surface area contributed by atoms with Crippen molar-refractivity contribution in [3.63, 3.8) is 0 Å². The molecule has 4 nitrogen and oxygen atoms in total. The van der Waals surface area contributed by atoms with Crippen LogP contribution in [0.25, 0.3) is 55.9 Å². The van der Waals surface area contributed by atoms with Gasteiger partial charge in [0, 0.05) is 56.9 Å². The molecule has 0 atom stereocenters. The van der Waals surface area contributed by atoms with Crippen LogP contribution in [0.3, 0.4) is 0 Å². The van der Waals surface area contributed by atoms with Gasteiger partial charge in [-0.2, -0.15) is 0 Å². The van der Waals surface area contributed by atoms with Crippen molar-refractivity contribution in [1.29, 1.82) is 0 Å². The Morgan fingerprint density at radius 1 is 0.833 bits per heavy atom. The molecule has 0 spiro atoms. The van der Waals surface area contributed by atoms with Crippen LogP contribution in [0, 0.1) is 24.4 Å². The van der Waals surface area contributed by atoms with E-state index in [1.54, 1.807) is 63.5 Å². The third-order valence-electron chi connectivity index (χ3n) is 7.63. The predicted molar refractivity (Wildman–Crippen MR) is 193 cm³/mol. The number of hydrogen-bond donors (Lipinski definition) is 0. The van der Waals surface area contributed by atoms with Crippen LogP contribution in [-0.4, -0.2) is 19.5 Å². The van der Waals surface area contributed by atoms with E-state index in [0.717, 1.165) is 11.1 Å². The number of fused-ring (bicyclic) bond motifs is 2. The van der Waals surface area contributed by atoms with E-state index in [0.29, 0.717) is 44.8 Å². The van der Waals surface area contributed by atoms with Crippen LogP contribution < -0.4 is 0 Å². The zero-order valence-corrected chi connectivity index (χ0v) is 29.1. The Labute approximate surface area is 310 Å². The van der Waals surface area contributed by atoms with Crippen molar-refractivity contribution in [2.75, 3.05) is 0 Å². The van der Waals surface area contributed by atoms with Gasteiger partial charge < -0.3 is 9.55 Å². The number of rotatable bonds is 4. The van der Waals surface area contributed by atoms with Gasteiger partial charge in [-0.05, 0) is 58.5 Å². The maximum Gasteiger partial charge on any atom is 0.0960 e. The molecule has 48 heavy (non-hydrogen) atoms. The van der Waals surface area contributed by atoms with Crippen LogP contribution in [0.1, 0.15) is 49.8 Å². The summed E-state index contributed by atoms with van der Waals surface area (Å²) in [5, 5.41) is 0. The zero-order valence-electron chi connectivity index (χ0n) is 35.7. The van der Waals surface area contributed by atoms with Gasteiger partial charge in [-0.3, -0.25) is 9.97 Å². The summed E-state index contributed by atoms with van der Waals surface area (Å²) in [6, 6.07) is 37.4. The quantitative estimate of drug-likeness (QED) is 0.166. The maximum absolute atomic E-state index is 9.08. The molecule has 4 aromatic carbocycles. The van der Waals surface area contributed by atoms with Crippen molar-refractivity contribution < 1.29 is 32.4 Å². The minimum atomic E-state index is -2.43. The molecule has 0 bridgehead atoms. The molecule has 1 aliphatic heterocycles. The third kappa shape index (κ3) is 7.08. The molecule has 1 radical (unpaired) electrons. The van der Waals surface area contributed by atoms with Crippen LogP contribution in [0.4, 0.5) is 0 Å². The summed E-state index contributed by atoms with van der Waals surface area (Å²) in [7, 11) is 0. The first-order valence-electron chi connectivity index (χ1n) is 19.9. The second kappa shape index (κ2) is 14.2. The van der Waals surface area contributed by atoms with Gasteiger partial charge in [0.25, 0.3) is 0 Å². The summed E-state index contributed by atoms with van der Waals surface area (Å²) >= 11 is 0. The topological polar surface area (TPSA) is 43.6 Å². The van der Waals surface area contributed by atoms with Crippen molar-refractivity contribution in [3.8, 4) is 44.9 Å². The molecule has 0 saturated heterocycles. The summed E-state index contributed by atoms with van der Waals surface area (Å²) in [5.41, 5.74) is 5.54. The SMILES string of the molecule is [2H]C([2H])([2H])c1cnc(-c2[c-]cccc2)cc1C([2H])([2H])C(C)(C)C.[2H]C1([2H])c2cc(-c3ccccc3)ccc2-c2cncc3nc(-c4[c-]cccc4)n(c23)C1([2H])[2H].[Ir]. The number of imidazole rings is 1. The van der Waals surface area contributed by atoms with E-state index in [1.807, 2.05) is 72.8 Å². The minimum absolute atomic E-state index is 0. The molecule has 0 fully saturated rings. The molecule has 0 N–H and O–H groups in total. The van der Waals surface area contributed by atoms with Gasteiger partial charge in [0.2, 0.25) is 0 Å². The molecule has 7 aromatic rings. The molecule has 0 unspecified atom stereocenters. The van der Waals surface area contributed by atoms with Crippen LogP contribution in [-0.2, 0) is 39.3 Å². The van der Waals surface area contributed by atoms with E-state index in [4.69, 9.17) is 12.3 Å². The first-order valence-corrected chi connectivity index (χ1v) is 15.4. The van der Waals surface area contributed by atoms with Gasteiger partial charge in [-0.25, -0.2) is 0 Å². The van der Waals surface area contributed by atoms with Gasteiger partial charge in [0.05, 0.1) is 23.1 Å². The Hall–Kier alpha value is -4.70. The van der Waals surface area contributed by atoms with E-state index >= 15 is 0 Å². The molecule has 3 aromatic heterocycles. The van der Waals surface area contributed by atoms with Crippen LogP contribution in [0.2, 0.25) is 0 Å². The van der Waals surface area contributed by atoms with Crippen molar-refractivity contribution in [3.05, 3.63) is 151 Å². The summed E-state index contributed by atoms with van der Waals surface area (Å²) < 4.78 is 77.7. The Bertz CT molecular complexity index is 2530. The third-order valence-corrected chi connectivity index (χ3v) is 7.63. The van der Waals surface area contributed by atoms with Crippen LogP contribution >= 0.6 is 0 Å². The monoisotopic (exact) mass is 812 g/mol. The molecule has 1 aliphatic rings. The van der Waals surface area contributed by atoms with E-state index in [-0.39, 0.29) is 36.8 Å². The van der Waals surface area contributed by atoms with Crippen molar-refractivity contribution >= 4 is 11.0 Å². The predicted octanol–water partition coefficient (Wildman–Crippen LogP) is 10.2. The van der Waals surface area contributed by atoms with E-state index in [2.05, 4.69) is 27.1 Å². The van der Waals surface area contributed by atoms with Crippen molar-refractivity contribution in [2.24, 2.45) is 5.41 Å². The van der Waals surface area contributed by atoms with E-state index in [9.17, 15) is 0 Å². The number of aromatic nitrogens is 4. The number of benzene rings is 4. The standard InChI is InChI=1S/C26H18N3.C17H20N.Ir/c1-3-7-18(8-4-1)20-11-12-22-21(15-20)13-14-29-25-23(22)16-27-17-24(25)28-26(29)19-9-5-2-6-10-19;1-13-12-18-16(14-8-6-5-7-9-14)10-15(13)11-17(2,3)4;/h1-9,11-12,15-17H,13-14H2;5-8,10,12H,11H2,1-4H3;/q2*-1;/i13D2,14D2;1D3,11D2;. The smallest absolute Gasteiger partial charge is 0.0960 e. The van der Waals surface area contributed by atoms with E-state index < -0.39 is 31.5 Å². The first-order chi connectivity index (χ1) is 26.3. The number of aryl methyl sites for hydroxylation is 3. The molecule has 241 valence electrons. The Morgan fingerprint density at radius 2 is 1.58 bits per heavy atom. The first kappa shape index (κ1) is 23.6. The fourth-order valence-corrected chi connectivity index (χ4v) is 5.52. The van der Waals surface area contributed by atoms with Gasteiger partial charge >= 0.3 is 0 Å². The summed E-state index contributed by atoms with van der Waals surface area (Å²) in [4.78, 5) is 13.2. The molecule has 8 rings (SSSR count). The summed E-state index contributed by atoms with van der Waals surface area (Å²) in [5.74, 6) is 0.324. The fraction of sp³-hybridized carbons (Fsp3) is 0.186. The van der Waals surface area contributed by atoms with Crippen molar-refractivity contribution in [1.82, 2.24) is 19.5 Å². The summed E-state index contributed by atoms with van der Waals surface area (Å²) in [6.45, 7) is 0.415. The number of nitrogens with zero attached hydrogens (tertiary/aromatic N) is 4. The number of hydrogen-bond acceptors (Lipinski definition) is 3. The second-order valence-electron chi connectivity index (χ2n) is 12.2. The minimum Gasteiger partial charge on any atom is -0.363 e. The average Bonchev–Trinajstić information content (AvgIpc) is 3.57. The molecule has 0 aliphatic carbocycles. The molecular weight excluding hydrogens is 765 g/mol. The normalized spacial score (nSPS) is 17.4. The fourth-order valence-electron chi connectivity index (χ4n) is 5.52. The average molecular weight is 812 g/mol. The van der Waals surface area contributed by atoms with Gasteiger partial charge in [-0.15, -0.1) is 71.8 Å². The second-order valence-corrected chi connectivity index (χ2v) is 12.2. The summed E-state index contributed by atoms with van der Waals surface area (Å²) in [6.07, 6.45) is 0.350. The van der Waals surface area contributed by atoms with Crippen molar-refractivity contribution in [2.45, 2.75) is 46.9 Å². The Balaban J connectivity index is 0.000000203. The van der Waals surface area contributed by atoms with Gasteiger partial charge in [0.15, 0.2) is 0 Å². The van der Waals surface area contributed by atoms with Gasteiger partial charge in [-0.1, -0.05) is 80.9 Å². The van der Waals surface area contributed by atoms with Crippen LogP contribution in [0.15, 0.2) is 122 Å². The Kier molecular flexibility index (Phi) is 6.98. The zero-order chi connectivity index (χ0) is 40.3. The molecule has 4 heterocycles. The molecule has 0 amide bonds. The maximum atomic E-state index is 9.08. The molecule has 5 heteroatoms. The molecule has 0 saturated carbocycles. The van der Waals surface area contributed by atoms with Gasteiger partial charge in [0.1, 0.15) is 0 Å². The Morgan fingerprint density at radius 3 is 2.29 bits per heavy atom.